The van der Waals surface area contributed by atoms with Crippen LogP contribution in [0.4, 0.5) is 0 Å². The van der Waals surface area contributed by atoms with Crippen LogP contribution in [0.1, 0.15) is 42.3 Å². The molecular formula is C12H17NO4S2. The zero-order chi connectivity index (χ0) is 14.0. The molecule has 2 unspecified atom stereocenters. The predicted molar refractivity (Wildman–Crippen MR) is 73.0 cm³/mol. The number of hydrogen-bond acceptors (Lipinski definition) is 4. The topological polar surface area (TPSA) is 83.5 Å². The minimum atomic E-state index is -3.61. The first-order valence-electron chi connectivity index (χ1n) is 6.24. The largest absolute Gasteiger partial charge is 0.477 e. The number of carbonyl (C=O) groups is 1. The number of carboxylic acid groups (broad SMARTS) is 1. The quantitative estimate of drug-likeness (QED) is 0.894. The van der Waals surface area contributed by atoms with E-state index in [1.54, 1.807) is 0 Å². The Hall–Kier alpha value is -0.920. The molecule has 0 saturated heterocycles. The Kier molecular flexibility index (Phi) is 4.27. The molecular weight excluding hydrogens is 286 g/mol. The lowest BCUT2D eigenvalue weighted by molar-refractivity contribution is 0.0702. The van der Waals surface area contributed by atoms with Crippen molar-refractivity contribution in [1.29, 1.82) is 0 Å². The summed E-state index contributed by atoms with van der Waals surface area (Å²) in [5.74, 6) is -0.779. The summed E-state index contributed by atoms with van der Waals surface area (Å²) in [6.45, 7) is 2.04. The first kappa shape index (κ1) is 14.5. The van der Waals surface area contributed by atoms with Crippen LogP contribution in [0.2, 0.25) is 0 Å². The van der Waals surface area contributed by atoms with E-state index >= 15 is 0 Å². The first-order chi connectivity index (χ1) is 8.90. The molecule has 1 heterocycles. The van der Waals surface area contributed by atoms with Gasteiger partial charge in [0.2, 0.25) is 10.0 Å². The van der Waals surface area contributed by atoms with Gasteiger partial charge in [-0.3, -0.25) is 0 Å². The summed E-state index contributed by atoms with van der Waals surface area (Å²) in [6.07, 6.45) is 4.04. The zero-order valence-corrected chi connectivity index (χ0v) is 12.3. The average molecular weight is 303 g/mol. The van der Waals surface area contributed by atoms with Crippen LogP contribution in [0.3, 0.4) is 0 Å². The summed E-state index contributed by atoms with van der Waals surface area (Å²) in [4.78, 5) is 10.9. The number of nitrogens with one attached hydrogen (secondary N) is 1. The van der Waals surface area contributed by atoms with Gasteiger partial charge in [0.25, 0.3) is 0 Å². The Morgan fingerprint density at radius 2 is 2.11 bits per heavy atom. The molecule has 0 aliphatic heterocycles. The average Bonchev–Trinajstić information content (AvgIpc) is 2.82. The second-order valence-electron chi connectivity index (χ2n) is 4.94. The molecule has 7 heteroatoms. The standard InChI is InChI=1S/C12H17NO4S2/c1-8-4-2-3-5-10(8)13-19(16,17)9-6-11(12(14)15)18-7-9/h6-8,10,13H,2-5H2,1H3,(H,14,15). The van der Waals surface area contributed by atoms with Crippen LogP contribution in [0.5, 0.6) is 0 Å². The fourth-order valence-electron chi connectivity index (χ4n) is 2.33. The predicted octanol–water partition coefficient (Wildman–Crippen LogP) is 2.30. The Labute approximate surface area is 116 Å². The van der Waals surface area contributed by atoms with Crippen molar-refractivity contribution in [1.82, 2.24) is 4.72 Å². The minimum Gasteiger partial charge on any atom is -0.477 e. The number of sulfonamides is 1. The minimum absolute atomic E-state index is 0.0390. The van der Waals surface area contributed by atoms with Gasteiger partial charge < -0.3 is 5.11 Å². The Balaban J connectivity index is 2.15. The molecule has 1 aliphatic carbocycles. The molecule has 1 aromatic heterocycles. The van der Waals surface area contributed by atoms with E-state index in [0.29, 0.717) is 5.92 Å². The smallest absolute Gasteiger partial charge is 0.345 e. The summed E-state index contributed by atoms with van der Waals surface area (Å²) < 4.78 is 27.1. The maximum atomic E-state index is 12.2. The van der Waals surface area contributed by atoms with Crippen LogP contribution >= 0.6 is 11.3 Å². The van der Waals surface area contributed by atoms with Gasteiger partial charge in [-0.15, -0.1) is 11.3 Å². The lowest BCUT2D eigenvalue weighted by Gasteiger charge is -2.29. The van der Waals surface area contributed by atoms with Gasteiger partial charge in [0, 0.05) is 11.4 Å². The highest BCUT2D eigenvalue weighted by Gasteiger charge is 2.27. The number of carboxylic acids is 1. The van der Waals surface area contributed by atoms with E-state index in [9.17, 15) is 13.2 Å². The van der Waals surface area contributed by atoms with E-state index in [-0.39, 0.29) is 15.8 Å². The number of hydrogen-bond donors (Lipinski definition) is 2. The third kappa shape index (κ3) is 3.34. The van der Waals surface area contributed by atoms with Gasteiger partial charge in [0.15, 0.2) is 0 Å². The number of rotatable bonds is 4. The van der Waals surface area contributed by atoms with Crippen LogP contribution in [0.25, 0.3) is 0 Å². The lowest BCUT2D eigenvalue weighted by Crippen LogP contribution is -2.40. The van der Waals surface area contributed by atoms with Gasteiger partial charge in [-0.1, -0.05) is 19.8 Å². The fraction of sp³-hybridized carbons (Fsp3) is 0.583. The maximum absolute atomic E-state index is 12.2. The van der Waals surface area contributed by atoms with Crippen molar-refractivity contribution in [2.45, 2.75) is 43.5 Å². The summed E-state index contributed by atoms with van der Waals surface area (Å²) in [7, 11) is -3.61. The van der Waals surface area contributed by atoms with Crippen molar-refractivity contribution in [2.24, 2.45) is 5.92 Å². The van der Waals surface area contributed by atoms with Crippen molar-refractivity contribution in [3.05, 3.63) is 16.3 Å². The van der Waals surface area contributed by atoms with E-state index in [2.05, 4.69) is 4.72 Å². The van der Waals surface area contributed by atoms with Crippen LogP contribution in [-0.2, 0) is 10.0 Å². The molecule has 0 spiro atoms. The van der Waals surface area contributed by atoms with Gasteiger partial charge in [0.1, 0.15) is 4.88 Å². The Bertz CT molecular complexity index is 564. The molecule has 1 aliphatic rings. The molecule has 1 fully saturated rings. The normalized spacial score (nSPS) is 24.3. The fourth-order valence-corrected chi connectivity index (χ4v) is 4.82. The summed E-state index contributed by atoms with van der Waals surface area (Å²) in [5, 5.41) is 10.2. The van der Waals surface area contributed by atoms with Gasteiger partial charge in [-0.05, 0) is 24.8 Å². The highest BCUT2D eigenvalue weighted by Crippen LogP contribution is 2.26. The molecule has 1 saturated carbocycles. The molecule has 0 amide bonds. The SMILES string of the molecule is CC1CCCCC1NS(=O)(=O)c1csc(C(=O)O)c1. The van der Waals surface area contributed by atoms with Gasteiger partial charge in [0.05, 0.1) is 4.90 Å². The van der Waals surface area contributed by atoms with Crippen LogP contribution in [0, 0.1) is 5.92 Å². The first-order valence-corrected chi connectivity index (χ1v) is 8.60. The molecule has 106 valence electrons. The Morgan fingerprint density at radius 3 is 2.68 bits per heavy atom. The van der Waals surface area contributed by atoms with E-state index in [4.69, 9.17) is 5.11 Å². The highest BCUT2D eigenvalue weighted by atomic mass is 32.2. The second kappa shape index (κ2) is 5.60. The van der Waals surface area contributed by atoms with Gasteiger partial charge in [-0.25, -0.2) is 17.9 Å². The van der Waals surface area contributed by atoms with Crippen molar-refractivity contribution < 1.29 is 18.3 Å². The molecule has 0 aromatic carbocycles. The van der Waals surface area contributed by atoms with Crippen LogP contribution in [-0.4, -0.2) is 25.5 Å². The van der Waals surface area contributed by atoms with Crippen molar-refractivity contribution in [2.75, 3.05) is 0 Å². The highest BCUT2D eigenvalue weighted by molar-refractivity contribution is 7.89. The summed E-state index contributed by atoms with van der Waals surface area (Å²) >= 11 is 0.929. The monoisotopic (exact) mass is 303 g/mol. The molecule has 1 aromatic rings. The molecule has 19 heavy (non-hydrogen) atoms. The van der Waals surface area contributed by atoms with E-state index in [1.165, 1.54) is 11.4 Å². The maximum Gasteiger partial charge on any atom is 0.345 e. The van der Waals surface area contributed by atoms with Crippen molar-refractivity contribution >= 4 is 27.3 Å². The third-order valence-corrected chi connectivity index (χ3v) is 6.05. The molecule has 2 atom stereocenters. The van der Waals surface area contributed by atoms with Crippen LogP contribution < -0.4 is 4.72 Å². The van der Waals surface area contributed by atoms with Crippen LogP contribution in [0.15, 0.2) is 16.3 Å². The van der Waals surface area contributed by atoms with Gasteiger partial charge >= 0.3 is 5.97 Å². The van der Waals surface area contributed by atoms with Crippen molar-refractivity contribution in [3.8, 4) is 0 Å². The zero-order valence-electron chi connectivity index (χ0n) is 10.6. The molecule has 2 rings (SSSR count). The second-order valence-corrected chi connectivity index (χ2v) is 7.57. The van der Waals surface area contributed by atoms with Crippen molar-refractivity contribution in [3.63, 3.8) is 0 Å². The van der Waals surface area contributed by atoms with E-state index in [0.717, 1.165) is 37.0 Å². The lowest BCUT2D eigenvalue weighted by atomic mass is 9.87. The van der Waals surface area contributed by atoms with E-state index < -0.39 is 16.0 Å². The molecule has 2 N–H and O–H groups in total. The summed E-state index contributed by atoms with van der Waals surface area (Å²) in [5.41, 5.74) is 0. The third-order valence-electron chi connectivity index (χ3n) is 3.51. The molecule has 0 bridgehead atoms. The van der Waals surface area contributed by atoms with Gasteiger partial charge in [-0.2, -0.15) is 0 Å². The Morgan fingerprint density at radius 1 is 1.42 bits per heavy atom. The summed E-state index contributed by atoms with van der Waals surface area (Å²) in [6, 6.07) is 1.16. The molecule has 5 nitrogen and oxygen atoms in total. The molecule has 0 radical (unpaired) electrons. The number of thiophene rings is 1. The van der Waals surface area contributed by atoms with E-state index in [1.807, 2.05) is 6.92 Å². The number of aromatic carboxylic acids is 1.